The first-order valence-electron chi connectivity index (χ1n) is 10.1. The number of carbonyl (C=O) groups is 1. The van der Waals surface area contributed by atoms with Gasteiger partial charge < -0.3 is 14.6 Å². The van der Waals surface area contributed by atoms with E-state index in [1.54, 1.807) is 24.3 Å². The van der Waals surface area contributed by atoms with Crippen LogP contribution in [0, 0.1) is 13.8 Å². The third kappa shape index (κ3) is 4.21. The summed E-state index contributed by atoms with van der Waals surface area (Å²) in [6.45, 7) is 3.89. The molecule has 0 aliphatic heterocycles. The zero-order valence-electron chi connectivity index (χ0n) is 18.0. The van der Waals surface area contributed by atoms with Crippen LogP contribution in [0.2, 0.25) is 0 Å². The van der Waals surface area contributed by atoms with Gasteiger partial charge in [-0.05, 0) is 61.4 Å². The number of rotatable bonds is 4. The van der Waals surface area contributed by atoms with Gasteiger partial charge in [-0.1, -0.05) is 24.3 Å². The fourth-order valence-electron chi connectivity index (χ4n) is 3.60. The maximum atomic E-state index is 12.7. The summed E-state index contributed by atoms with van der Waals surface area (Å²) in [6, 6.07) is 20.0. The highest BCUT2D eigenvalue weighted by Crippen LogP contribution is 2.26. The number of amides is 1. The fraction of sp³-hybridized carbons (Fsp3) is 0.154. The molecule has 4 rings (SSSR count). The van der Waals surface area contributed by atoms with Gasteiger partial charge in [0.1, 0.15) is 11.3 Å². The van der Waals surface area contributed by atoms with Gasteiger partial charge in [0.05, 0.1) is 5.39 Å². The van der Waals surface area contributed by atoms with Gasteiger partial charge in [0, 0.05) is 42.7 Å². The van der Waals surface area contributed by atoms with E-state index in [9.17, 15) is 9.59 Å². The first-order chi connectivity index (χ1) is 14.8. The predicted octanol–water partition coefficient (Wildman–Crippen LogP) is 5.40. The molecule has 5 heteroatoms. The molecule has 0 saturated heterocycles. The molecule has 0 fully saturated rings. The van der Waals surface area contributed by atoms with E-state index < -0.39 is 0 Å². The van der Waals surface area contributed by atoms with Crippen molar-refractivity contribution in [1.82, 2.24) is 0 Å². The molecule has 1 amide bonds. The minimum atomic E-state index is -0.200. The summed E-state index contributed by atoms with van der Waals surface area (Å²) in [5.41, 5.74) is 5.46. The van der Waals surface area contributed by atoms with Crippen LogP contribution in [-0.4, -0.2) is 20.0 Å². The average molecular weight is 412 g/mol. The molecule has 1 N–H and O–H groups in total. The van der Waals surface area contributed by atoms with E-state index in [2.05, 4.69) is 5.32 Å². The number of anilines is 2. The van der Waals surface area contributed by atoms with Crippen LogP contribution in [0.3, 0.4) is 0 Å². The summed E-state index contributed by atoms with van der Waals surface area (Å²) in [5.74, 6) is 0.281. The van der Waals surface area contributed by atoms with E-state index in [1.807, 2.05) is 69.2 Å². The number of hydrogen-bond donors (Lipinski definition) is 1. The average Bonchev–Trinajstić information content (AvgIpc) is 2.74. The summed E-state index contributed by atoms with van der Waals surface area (Å²) in [4.78, 5) is 27.2. The Bertz CT molecular complexity index is 1340. The number of fused-ring (bicyclic) bond motifs is 1. The standard InChI is InChI=1S/C26H24N2O3/c1-16-12-17(2)25-22(13-16)23(29)15-24(31-25)18-8-10-19(11-9-18)26(30)27-20-6-5-7-21(14-20)28(3)4/h5-15H,1-4H3,(H,27,30). The van der Waals surface area contributed by atoms with Crippen LogP contribution < -0.4 is 15.6 Å². The molecule has 4 aromatic rings. The van der Waals surface area contributed by atoms with Crippen LogP contribution in [0.25, 0.3) is 22.3 Å². The topological polar surface area (TPSA) is 62.6 Å². The van der Waals surface area contributed by atoms with Crippen molar-refractivity contribution in [2.75, 3.05) is 24.3 Å². The van der Waals surface area contributed by atoms with Gasteiger partial charge in [0.25, 0.3) is 5.91 Å². The second-order valence-corrected chi connectivity index (χ2v) is 7.91. The smallest absolute Gasteiger partial charge is 0.255 e. The first kappa shape index (κ1) is 20.4. The first-order valence-corrected chi connectivity index (χ1v) is 10.1. The minimum Gasteiger partial charge on any atom is -0.456 e. The Labute approximate surface area is 180 Å². The van der Waals surface area contributed by atoms with E-state index >= 15 is 0 Å². The Hall–Kier alpha value is -3.86. The number of hydrogen-bond acceptors (Lipinski definition) is 4. The maximum Gasteiger partial charge on any atom is 0.255 e. The molecule has 3 aromatic carbocycles. The molecule has 1 heterocycles. The third-order valence-electron chi connectivity index (χ3n) is 5.21. The van der Waals surface area contributed by atoms with Crippen LogP contribution in [0.4, 0.5) is 11.4 Å². The summed E-state index contributed by atoms with van der Waals surface area (Å²) >= 11 is 0. The third-order valence-corrected chi connectivity index (χ3v) is 5.21. The van der Waals surface area contributed by atoms with Gasteiger partial charge in [0.15, 0.2) is 5.43 Å². The number of carbonyl (C=O) groups excluding carboxylic acids is 1. The number of aryl methyl sites for hydroxylation is 2. The lowest BCUT2D eigenvalue weighted by atomic mass is 10.1. The Morgan fingerprint density at radius 2 is 1.68 bits per heavy atom. The van der Waals surface area contributed by atoms with Gasteiger partial charge in [-0.15, -0.1) is 0 Å². The van der Waals surface area contributed by atoms with Gasteiger partial charge in [-0.25, -0.2) is 0 Å². The van der Waals surface area contributed by atoms with Gasteiger partial charge >= 0.3 is 0 Å². The van der Waals surface area contributed by atoms with Crippen LogP contribution in [0.1, 0.15) is 21.5 Å². The van der Waals surface area contributed by atoms with E-state index in [0.29, 0.717) is 22.3 Å². The monoisotopic (exact) mass is 412 g/mol. The summed E-state index contributed by atoms with van der Waals surface area (Å²) in [7, 11) is 3.90. The van der Waals surface area contributed by atoms with Gasteiger partial charge in [0.2, 0.25) is 0 Å². The van der Waals surface area contributed by atoms with E-state index in [1.165, 1.54) is 6.07 Å². The number of nitrogens with one attached hydrogen (secondary N) is 1. The van der Waals surface area contributed by atoms with Crippen molar-refractivity contribution in [1.29, 1.82) is 0 Å². The molecule has 1 aromatic heterocycles. The number of nitrogens with zero attached hydrogens (tertiary/aromatic N) is 1. The van der Waals surface area contributed by atoms with Crippen molar-refractivity contribution in [2.24, 2.45) is 0 Å². The Morgan fingerprint density at radius 1 is 0.935 bits per heavy atom. The highest BCUT2D eigenvalue weighted by Gasteiger charge is 2.12. The van der Waals surface area contributed by atoms with E-state index in [0.717, 1.165) is 28.1 Å². The van der Waals surface area contributed by atoms with E-state index in [4.69, 9.17) is 4.42 Å². The molecule has 31 heavy (non-hydrogen) atoms. The molecular weight excluding hydrogens is 388 g/mol. The Morgan fingerprint density at radius 3 is 2.39 bits per heavy atom. The Balaban J connectivity index is 1.60. The molecule has 0 atom stereocenters. The Kier molecular flexibility index (Phi) is 5.34. The predicted molar refractivity (Wildman–Crippen MR) is 126 cm³/mol. The molecule has 0 bridgehead atoms. The van der Waals surface area contributed by atoms with Gasteiger partial charge in [-0.2, -0.15) is 0 Å². The van der Waals surface area contributed by atoms with Crippen molar-refractivity contribution >= 4 is 28.3 Å². The summed E-state index contributed by atoms with van der Waals surface area (Å²) < 4.78 is 6.04. The van der Waals surface area contributed by atoms with Crippen molar-refractivity contribution in [3.63, 3.8) is 0 Å². The zero-order chi connectivity index (χ0) is 22.1. The molecule has 0 unspecified atom stereocenters. The summed E-state index contributed by atoms with van der Waals surface area (Å²) in [5, 5.41) is 3.50. The van der Waals surface area contributed by atoms with Crippen molar-refractivity contribution in [3.05, 3.63) is 93.6 Å². The number of benzene rings is 3. The maximum absolute atomic E-state index is 12.7. The molecule has 5 nitrogen and oxygen atoms in total. The molecule has 0 saturated carbocycles. The quantitative estimate of drug-likeness (QED) is 0.488. The lowest BCUT2D eigenvalue weighted by Crippen LogP contribution is -2.13. The second-order valence-electron chi connectivity index (χ2n) is 7.91. The van der Waals surface area contributed by atoms with Gasteiger partial charge in [-0.3, -0.25) is 9.59 Å². The molecule has 0 aliphatic carbocycles. The van der Waals surface area contributed by atoms with Crippen LogP contribution in [0.15, 0.2) is 75.9 Å². The van der Waals surface area contributed by atoms with Crippen molar-refractivity contribution in [3.8, 4) is 11.3 Å². The van der Waals surface area contributed by atoms with Crippen molar-refractivity contribution < 1.29 is 9.21 Å². The lowest BCUT2D eigenvalue weighted by Gasteiger charge is -2.14. The lowest BCUT2D eigenvalue weighted by molar-refractivity contribution is 0.102. The molecule has 0 spiro atoms. The van der Waals surface area contributed by atoms with Crippen LogP contribution in [-0.2, 0) is 0 Å². The van der Waals surface area contributed by atoms with Crippen molar-refractivity contribution in [2.45, 2.75) is 13.8 Å². The normalized spacial score (nSPS) is 10.8. The molecule has 156 valence electrons. The summed E-state index contributed by atoms with van der Waals surface area (Å²) in [6.07, 6.45) is 0. The molecule has 0 aliphatic rings. The highest BCUT2D eigenvalue weighted by molar-refractivity contribution is 6.04. The second kappa shape index (κ2) is 8.11. The molecule has 0 radical (unpaired) electrons. The molecular formula is C26H24N2O3. The minimum absolute atomic E-state index is 0.0781. The fourth-order valence-corrected chi connectivity index (χ4v) is 3.60. The van der Waals surface area contributed by atoms with E-state index in [-0.39, 0.29) is 11.3 Å². The largest absolute Gasteiger partial charge is 0.456 e. The highest BCUT2D eigenvalue weighted by atomic mass is 16.3. The zero-order valence-corrected chi connectivity index (χ0v) is 18.0. The van der Waals surface area contributed by atoms with Crippen LogP contribution in [0.5, 0.6) is 0 Å². The SMILES string of the molecule is Cc1cc(C)c2oc(-c3ccc(C(=O)Nc4cccc(N(C)C)c4)cc3)cc(=O)c2c1. The van der Waals surface area contributed by atoms with Crippen LogP contribution >= 0.6 is 0 Å².